The van der Waals surface area contributed by atoms with Gasteiger partial charge in [-0.15, -0.1) is 0 Å². The summed E-state index contributed by atoms with van der Waals surface area (Å²) in [5, 5.41) is -1.12. The third-order valence-electron chi connectivity index (χ3n) is 3.24. The summed E-state index contributed by atoms with van der Waals surface area (Å²) >= 11 is 0. The first-order valence-electron chi connectivity index (χ1n) is 8.11. The van der Waals surface area contributed by atoms with E-state index in [-0.39, 0.29) is 37.4 Å². The van der Waals surface area contributed by atoms with Crippen LogP contribution in [0.2, 0.25) is 0 Å². The van der Waals surface area contributed by atoms with Gasteiger partial charge in [-0.2, -0.15) is 8.42 Å². The van der Waals surface area contributed by atoms with E-state index in [0.29, 0.717) is 0 Å². The van der Waals surface area contributed by atoms with Crippen LogP contribution < -0.4 is 35.3 Å². The van der Waals surface area contributed by atoms with Gasteiger partial charge < -0.3 is 7.16 Å². The van der Waals surface area contributed by atoms with E-state index in [1.54, 1.807) is 6.92 Å². The SMILES string of the molecule is CCC(N)S(=O)(=O)O.CCCCCCCCCCCC.[H-].[Na+]. The van der Waals surface area contributed by atoms with Gasteiger partial charge >= 0.3 is 29.6 Å². The van der Waals surface area contributed by atoms with Gasteiger partial charge in [-0.1, -0.05) is 85.0 Å². The molecule has 0 heterocycles. The molecule has 21 heavy (non-hydrogen) atoms. The van der Waals surface area contributed by atoms with Crippen LogP contribution in [-0.2, 0) is 10.1 Å². The zero-order valence-electron chi connectivity index (χ0n) is 15.6. The maximum absolute atomic E-state index is 9.99. The smallest absolute Gasteiger partial charge is 1.00 e. The number of nitrogens with two attached hydrogens (primary N) is 1. The second-order valence-corrected chi connectivity index (χ2v) is 6.93. The fourth-order valence-corrected chi connectivity index (χ4v) is 2.19. The van der Waals surface area contributed by atoms with E-state index in [1.807, 2.05) is 0 Å². The third kappa shape index (κ3) is 23.3. The standard InChI is InChI=1S/C12H26.C3H9NO3S.Na.H/c1-3-5-7-9-11-12-10-8-6-4-2;1-2-3(4)8(5,6)7;;/h3-12H2,1-2H3;3H,2,4H2,1H3,(H,5,6,7);;/q;;+1;-1. The van der Waals surface area contributed by atoms with Crippen molar-refractivity contribution in [3.63, 3.8) is 0 Å². The van der Waals surface area contributed by atoms with E-state index < -0.39 is 15.5 Å². The van der Waals surface area contributed by atoms with Crippen molar-refractivity contribution in [2.45, 2.75) is 96.8 Å². The monoisotopic (exact) mass is 333 g/mol. The predicted octanol–water partition coefficient (Wildman–Crippen LogP) is 1.61. The molecule has 0 rings (SSSR count). The summed E-state index contributed by atoms with van der Waals surface area (Å²) in [4.78, 5) is 0. The Morgan fingerprint density at radius 3 is 1.29 bits per heavy atom. The van der Waals surface area contributed by atoms with Crippen LogP contribution >= 0.6 is 0 Å². The molecular weight excluding hydrogens is 297 g/mol. The first-order valence-corrected chi connectivity index (χ1v) is 9.62. The summed E-state index contributed by atoms with van der Waals surface area (Å²) in [5.74, 6) is 0. The first-order chi connectivity index (χ1) is 9.40. The molecule has 0 aliphatic rings. The molecule has 1 atom stereocenters. The third-order valence-corrected chi connectivity index (χ3v) is 4.34. The van der Waals surface area contributed by atoms with Crippen molar-refractivity contribution >= 4 is 10.1 Å². The molecule has 0 fully saturated rings. The quantitative estimate of drug-likeness (QED) is 0.342. The Labute approximate surface area is 156 Å². The molecule has 126 valence electrons. The summed E-state index contributed by atoms with van der Waals surface area (Å²) in [6, 6.07) is 0. The molecule has 0 amide bonds. The van der Waals surface area contributed by atoms with Gasteiger partial charge in [0.05, 0.1) is 0 Å². The van der Waals surface area contributed by atoms with Gasteiger partial charge in [0.15, 0.2) is 0 Å². The minimum atomic E-state index is -3.98. The van der Waals surface area contributed by atoms with E-state index in [0.717, 1.165) is 0 Å². The molecule has 1 unspecified atom stereocenters. The summed E-state index contributed by atoms with van der Waals surface area (Å²) in [6.07, 6.45) is 14.7. The molecule has 0 aromatic heterocycles. The molecule has 4 nitrogen and oxygen atoms in total. The summed E-state index contributed by atoms with van der Waals surface area (Å²) < 4.78 is 28.1. The van der Waals surface area contributed by atoms with E-state index in [4.69, 9.17) is 10.3 Å². The molecule has 3 N–H and O–H groups in total. The van der Waals surface area contributed by atoms with Crippen LogP contribution in [0.5, 0.6) is 0 Å². The molecule has 0 saturated carbocycles. The maximum atomic E-state index is 9.99. The van der Waals surface area contributed by atoms with Crippen molar-refractivity contribution in [1.29, 1.82) is 0 Å². The molecule has 0 bridgehead atoms. The zero-order chi connectivity index (χ0) is 15.9. The Balaban J connectivity index is -0.000000144. The van der Waals surface area contributed by atoms with Crippen molar-refractivity contribution in [3.8, 4) is 0 Å². The largest absolute Gasteiger partial charge is 1.00 e. The average Bonchev–Trinajstić information content (AvgIpc) is 2.40. The van der Waals surface area contributed by atoms with Crippen molar-refractivity contribution in [1.82, 2.24) is 0 Å². The van der Waals surface area contributed by atoms with Gasteiger partial charge in [0.25, 0.3) is 10.1 Å². The predicted molar refractivity (Wildman–Crippen MR) is 88.4 cm³/mol. The minimum absolute atomic E-state index is 0. The summed E-state index contributed by atoms with van der Waals surface area (Å²) in [7, 11) is -3.98. The molecule has 0 aromatic carbocycles. The topological polar surface area (TPSA) is 80.4 Å². The van der Waals surface area contributed by atoms with Crippen molar-refractivity contribution in [3.05, 3.63) is 0 Å². The summed E-state index contributed by atoms with van der Waals surface area (Å²) in [5.41, 5.74) is 4.91. The van der Waals surface area contributed by atoms with Crippen LogP contribution in [0.4, 0.5) is 0 Å². The van der Waals surface area contributed by atoms with Gasteiger partial charge in [-0.25, -0.2) is 0 Å². The molecule has 0 saturated heterocycles. The fraction of sp³-hybridized carbons (Fsp3) is 1.00. The Morgan fingerprint density at radius 2 is 1.14 bits per heavy atom. The normalized spacial score (nSPS) is 12.0. The van der Waals surface area contributed by atoms with Gasteiger partial charge in [0, 0.05) is 0 Å². The van der Waals surface area contributed by atoms with Gasteiger partial charge in [-0.05, 0) is 6.42 Å². The Bertz CT molecular complexity index is 281. The van der Waals surface area contributed by atoms with Crippen LogP contribution in [0, 0.1) is 0 Å². The van der Waals surface area contributed by atoms with E-state index >= 15 is 0 Å². The number of hydrogen-bond acceptors (Lipinski definition) is 3. The van der Waals surface area contributed by atoms with Gasteiger partial charge in [-0.3, -0.25) is 4.55 Å². The number of rotatable bonds is 11. The molecule has 0 aliphatic heterocycles. The average molecular weight is 334 g/mol. The van der Waals surface area contributed by atoms with Crippen molar-refractivity contribution in [2.24, 2.45) is 5.73 Å². The number of unbranched alkanes of at least 4 members (excludes halogenated alkanes) is 9. The van der Waals surface area contributed by atoms with Crippen LogP contribution in [-0.4, -0.2) is 18.3 Å². The Morgan fingerprint density at radius 1 is 0.857 bits per heavy atom. The molecule has 0 aliphatic carbocycles. The van der Waals surface area contributed by atoms with Crippen LogP contribution in [0.25, 0.3) is 0 Å². The second kappa shape index (κ2) is 18.9. The maximum Gasteiger partial charge on any atom is 1.00 e. The minimum Gasteiger partial charge on any atom is -1.00 e. The fourth-order valence-electron chi connectivity index (χ4n) is 1.77. The van der Waals surface area contributed by atoms with Crippen LogP contribution in [0.15, 0.2) is 0 Å². The molecule has 0 radical (unpaired) electrons. The molecule has 6 heteroatoms. The first kappa shape index (κ1) is 26.8. The van der Waals surface area contributed by atoms with Crippen LogP contribution in [0.1, 0.15) is 92.8 Å². The van der Waals surface area contributed by atoms with Gasteiger partial charge in [0.1, 0.15) is 5.37 Å². The van der Waals surface area contributed by atoms with E-state index in [1.165, 1.54) is 64.2 Å². The summed E-state index contributed by atoms with van der Waals surface area (Å²) in [6.45, 7) is 6.14. The van der Waals surface area contributed by atoms with E-state index in [9.17, 15) is 8.42 Å². The van der Waals surface area contributed by atoms with E-state index in [2.05, 4.69) is 13.8 Å². The Hall–Kier alpha value is 0.870. The zero-order valence-corrected chi connectivity index (χ0v) is 17.4. The molecule has 0 spiro atoms. The molecule has 0 aromatic rings. The van der Waals surface area contributed by atoms with Crippen molar-refractivity contribution in [2.75, 3.05) is 0 Å². The van der Waals surface area contributed by atoms with Crippen LogP contribution in [0.3, 0.4) is 0 Å². The Kier molecular flexibility index (Phi) is 24.1. The van der Waals surface area contributed by atoms with Gasteiger partial charge in [0.2, 0.25) is 0 Å². The molecular formula is C15H36NNaO3S. The second-order valence-electron chi connectivity index (χ2n) is 5.29. The van der Waals surface area contributed by atoms with Crippen molar-refractivity contribution < 1.29 is 44.0 Å². The number of hydrogen-bond donors (Lipinski definition) is 2.